The molecule has 0 aliphatic heterocycles. The van der Waals surface area contributed by atoms with Crippen LogP contribution in [0.15, 0.2) is 24.8 Å². The summed E-state index contributed by atoms with van der Waals surface area (Å²) in [5, 5.41) is 3.57. The summed E-state index contributed by atoms with van der Waals surface area (Å²) >= 11 is 6.58. The van der Waals surface area contributed by atoms with Gasteiger partial charge in [-0.25, -0.2) is 0 Å². The lowest BCUT2D eigenvalue weighted by Crippen LogP contribution is -2.18. The van der Waals surface area contributed by atoms with Crippen molar-refractivity contribution in [3.8, 4) is 0 Å². The minimum absolute atomic E-state index is 0.210. The number of aromatic nitrogens is 1. The number of aryl methyl sites for hydroxylation is 5. The number of hydrogen-bond donors (Lipinski definition) is 1. The molecular formula is C22H27ClN2O. The zero-order chi connectivity index (χ0) is 19.4. The number of nitrogens with zero attached hydrogens (tertiary/aromatic N) is 1. The molecule has 1 aromatic carbocycles. The molecule has 26 heavy (non-hydrogen) atoms. The number of carbonyl (C=O) groups is 1. The Bertz CT molecular complexity index is 831. The van der Waals surface area contributed by atoms with Crippen LogP contribution < -0.4 is 5.32 Å². The molecule has 0 aliphatic carbocycles. The Morgan fingerprint density at radius 3 is 2.23 bits per heavy atom. The van der Waals surface area contributed by atoms with Gasteiger partial charge in [0.2, 0.25) is 0 Å². The monoisotopic (exact) mass is 370 g/mol. The van der Waals surface area contributed by atoms with Gasteiger partial charge < -0.3 is 5.32 Å². The van der Waals surface area contributed by atoms with Crippen LogP contribution >= 0.6 is 11.6 Å². The van der Waals surface area contributed by atoms with Crippen molar-refractivity contribution in [1.82, 2.24) is 4.98 Å². The smallest absolute Gasteiger partial charge is 0.259 e. The second-order valence-electron chi connectivity index (χ2n) is 6.56. The third-order valence-corrected chi connectivity index (χ3v) is 5.06. The van der Waals surface area contributed by atoms with E-state index in [9.17, 15) is 4.79 Å². The van der Waals surface area contributed by atoms with E-state index in [2.05, 4.69) is 49.8 Å². The highest BCUT2D eigenvalue weighted by atomic mass is 35.5. The summed E-state index contributed by atoms with van der Waals surface area (Å²) < 4.78 is 0. The van der Waals surface area contributed by atoms with Crippen LogP contribution in [0.3, 0.4) is 0 Å². The first-order valence-corrected chi connectivity index (χ1v) is 9.41. The highest BCUT2D eigenvalue weighted by Gasteiger charge is 2.21. The van der Waals surface area contributed by atoms with Crippen molar-refractivity contribution in [3.63, 3.8) is 0 Å². The number of carbonyl (C=O) groups excluding carboxylic acids is 1. The molecule has 2 rings (SSSR count). The first-order valence-electron chi connectivity index (χ1n) is 9.04. The molecule has 1 aromatic heterocycles. The van der Waals surface area contributed by atoms with Crippen molar-refractivity contribution in [2.24, 2.45) is 0 Å². The molecule has 0 fully saturated rings. The minimum Gasteiger partial charge on any atom is -0.321 e. The van der Waals surface area contributed by atoms with Crippen LogP contribution in [0.2, 0.25) is 5.02 Å². The maximum atomic E-state index is 13.1. The summed E-state index contributed by atoms with van der Waals surface area (Å²) in [5.41, 5.74) is 7.14. The number of halogens is 1. The van der Waals surface area contributed by atoms with E-state index in [0.29, 0.717) is 22.7 Å². The quantitative estimate of drug-likeness (QED) is 0.656. The molecular weight excluding hydrogens is 344 g/mol. The topological polar surface area (TPSA) is 42.0 Å². The number of benzene rings is 1. The van der Waals surface area contributed by atoms with E-state index in [0.717, 1.165) is 40.9 Å². The molecule has 4 heteroatoms. The van der Waals surface area contributed by atoms with Gasteiger partial charge in [-0.2, -0.15) is 0 Å². The summed E-state index contributed by atoms with van der Waals surface area (Å²) in [5.74, 6) is -0.210. The van der Waals surface area contributed by atoms with Gasteiger partial charge in [0.05, 0.1) is 16.3 Å². The van der Waals surface area contributed by atoms with Crippen molar-refractivity contribution < 1.29 is 4.79 Å². The summed E-state index contributed by atoms with van der Waals surface area (Å²) in [6.07, 6.45) is 4.07. The van der Waals surface area contributed by atoms with Gasteiger partial charge in [0.25, 0.3) is 5.91 Å². The SMILES string of the molecule is C=CCc1c(C)nc(C)c(C(=O)Nc2c(CC)cc(C)cc2CC)c1Cl. The highest BCUT2D eigenvalue weighted by Crippen LogP contribution is 2.30. The number of anilines is 1. The van der Waals surface area contributed by atoms with Crippen LogP contribution in [-0.4, -0.2) is 10.9 Å². The molecule has 0 saturated carbocycles. The highest BCUT2D eigenvalue weighted by molar-refractivity contribution is 6.35. The number of amides is 1. The van der Waals surface area contributed by atoms with Gasteiger partial charge in [-0.05, 0) is 56.7 Å². The normalized spacial score (nSPS) is 10.7. The van der Waals surface area contributed by atoms with E-state index in [1.807, 2.05) is 13.8 Å². The molecule has 1 heterocycles. The van der Waals surface area contributed by atoms with Crippen molar-refractivity contribution in [2.75, 3.05) is 5.32 Å². The number of nitrogens with one attached hydrogen (secondary N) is 1. The lowest BCUT2D eigenvalue weighted by atomic mass is 9.99. The lowest BCUT2D eigenvalue weighted by Gasteiger charge is -2.18. The summed E-state index contributed by atoms with van der Waals surface area (Å²) in [6.45, 7) is 13.8. The van der Waals surface area contributed by atoms with E-state index >= 15 is 0 Å². The van der Waals surface area contributed by atoms with Crippen molar-refractivity contribution >= 4 is 23.2 Å². The van der Waals surface area contributed by atoms with Crippen molar-refractivity contribution in [3.05, 3.63) is 69.0 Å². The first kappa shape index (κ1) is 20.2. The van der Waals surface area contributed by atoms with Gasteiger partial charge in [-0.15, -0.1) is 6.58 Å². The van der Waals surface area contributed by atoms with Gasteiger partial charge >= 0.3 is 0 Å². The van der Waals surface area contributed by atoms with E-state index in [-0.39, 0.29) is 5.91 Å². The molecule has 0 aliphatic rings. The minimum atomic E-state index is -0.210. The Labute approximate surface area is 161 Å². The van der Waals surface area contributed by atoms with Gasteiger partial charge in [0, 0.05) is 11.4 Å². The predicted octanol–water partition coefficient (Wildman–Crippen LogP) is 5.77. The molecule has 1 amide bonds. The van der Waals surface area contributed by atoms with Crippen LogP contribution in [-0.2, 0) is 19.3 Å². The van der Waals surface area contributed by atoms with Crippen LogP contribution in [0.5, 0.6) is 0 Å². The standard InChI is InChI=1S/C22H27ClN2O/c1-7-10-18-14(5)24-15(6)19(20(18)23)22(26)25-21-16(8-2)11-13(4)12-17(21)9-3/h7,11-12H,1,8-10H2,2-6H3,(H,25,26). The predicted molar refractivity (Wildman–Crippen MR) is 111 cm³/mol. The summed E-state index contributed by atoms with van der Waals surface area (Å²) in [7, 11) is 0. The zero-order valence-electron chi connectivity index (χ0n) is 16.3. The molecule has 2 aromatic rings. The fourth-order valence-electron chi connectivity index (χ4n) is 3.33. The Morgan fingerprint density at radius 1 is 1.15 bits per heavy atom. The molecule has 0 unspecified atom stereocenters. The van der Waals surface area contributed by atoms with Crippen LogP contribution in [0.4, 0.5) is 5.69 Å². The second kappa shape index (κ2) is 8.50. The Kier molecular flexibility index (Phi) is 6.60. The largest absolute Gasteiger partial charge is 0.321 e. The average Bonchev–Trinajstić information content (AvgIpc) is 2.59. The number of allylic oxidation sites excluding steroid dienone is 1. The van der Waals surface area contributed by atoms with Gasteiger partial charge in [0.15, 0.2) is 0 Å². The van der Waals surface area contributed by atoms with Crippen molar-refractivity contribution in [2.45, 2.75) is 53.9 Å². The van der Waals surface area contributed by atoms with E-state index in [4.69, 9.17) is 11.6 Å². The van der Waals surface area contributed by atoms with Gasteiger partial charge in [0.1, 0.15) is 0 Å². The van der Waals surface area contributed by atoms with Crippen LogP contribution in [0.1, 0.15) is 57.8 Å². The Balaban J connectivity index is 2.52. The molecule has 0 radical (unpaired) electrons. The fraction of sp³-hybridized carbons (Fsp3) is 0.364. The maximum absolute atomic E-state index is 13.1. The molecule has 0 spiro atoms. The van der Waals surface area contributed by atoms with Crippen molar-refractivity contribution in [1.29, 1.82) is 0 Å². The molecule has 138 valence electrons. The molecule has 3 nitrogen and oxygen atoms in total. The van der Waals surface area contributed by atoms with E-state index in [1.165, 1.54) is 5.56 Å². The zero-order valence-corrected chi connectivity index (χ0v) is 17.0. The van der Waals surface area contributed by atoms with E-state index in [1.54, 1.807) is 6.08 Å². The van der Waals surface area contributed by atoms with Crippen LogP contribution in [0.25, 0.3) is 0 Å². The summed E-state index contributed by atoms with van der Waals surface area (Å²) in [6, 6.07) is 4.25. The van der Waals surface area contributed by atoms with E-state index < -0.39 is 0 Å². The maximum Gasteiger partial charge on any atom is 0.259 e. The lowest BCUT2D eigenvalue weighted by molar-refractivity contribution is 0.102. The molecule has 0 atom stereocenters. The molecule has 1 N–H and O–H groups in total. The Morgan fingerprint density at radius 2 is 1.73 bits per heavy atom. The first-order chi connectivity index (χ1) is 12.3. The Hall–Kier alpha value is -2.13. The molecule has 0 bridgehead atoms. The number of rotatable bonds is 6. The third kappa shape index (κ3) is 3.99. The average molecular weight is 371 g/mol. The van der Waals surface area contributed by atoms with Crippen LogP contribution in [0, 0.1) is 20.8 Å². The van der Waals surface area contributed by atoms with Gasteiger partial charge in [-0.1, -0.05) is 49.2 Å². The third-order valence-electron chi connectivity index (χ3n) is 4.64. The van der Waals surface area contributed by atoms with Gasteiger partial charge in [-0.3, -0.25) is 9.78 Å². The fourth-order valence-corrected chi connectivity index (χ4v) is 3.76. The second-order valence-corrected chi connectivity index (χ2v) is 6.94. The number of hydrogen-bond acceptors (Lipinski definition) is 2. The molecule has 0 saturated heterocycles. The number of pyridine rings is 1. The summed E-state index contributed by atoms with van der Waals surface area (Å²) in [4.78, 5) is 17.6.